The molecule has 4 nitrogen and oxygen atoms in total. The molecule has 0 spiro atoms. The number of unbranched alkanes of at least 4 members (excludes halogenated alkanes) is 3. The molecule has 0 fully saturated rings. The van der Waals surface area contributed by atoms with E-state index in [2.05, 4.69) is 12.2 Å². The van der Waals surface area contributed by atoms with Gasteiger partial charge in [0.2, 0.25) is 0 Å². The fraction of sp³-hybridized carbons (Fsp3) is 0.467. The predicted octanol–water partition coefficient (Wildman–Crippen LogP) is -0.699. The van der Waals surface area contributed by atoms with Crippen LogP contribution in [0.15, 0.2) is 24.3 Å². The molecule has 0 aliphatic heterocycles. The number of benzene rings is 1. The van der Waals surface area contributed by atoms with Crippen LogP contribution < -0.4 is 40.0 Å². The van der Waals surface area contributed by atoms with E-state index in [1.54, 1.807) is 0 Å². The van der Waals surface area contributed by atoms with E-state index in [9.17, 15) is 19.1 Å². The van der Waals surface area contributed by atoms with Crippen LogP contribution in [0.5, 0.6) is 0 Å². The van der Waals surface area contributed by atoms with E-state index in [1.807, 2.05) is 0 Å². The molecule has 6 heteroatoms. The summed E-state index contributed by atoms with van der Waals surface area (Å²) in [6.45, 7) is 2.07. The van der Waals surface area contributed by atoms with Gasteiger partial charge in [-0.3, -0.25) is 4.79 Å². The molecule has 1 unspecified atom stereocenters. The standard InChI is InChI=1S/C15H20FNO3.Na/c1-2-3-4-5-6-13(16)14(18)17-12-9-7-11(8-10-12)15(19)20;/h7-10,13H,2-6H2,1H3,(H,17,18)(H,19,20);/q;+1/p-1. The Morgan fingerprint density at radius 3 is 2.33 bits per heavy atom. The van der Waals surface area contributed by atoms with Crippen molar-refractivity contribution < 1.29 is 48.6 Å². The minimum atomic E-state index is -1.53. The van der Waals surface area contributed by atoms with Gasteiger partial charge in [-0.25, -0.2) is 4.39 Å². The number of carboxylic acid groups (broad SMARTS) is 1. The van der Waals surface area contributed by atoms with Crippen LogP contribution in [0.4, 0.5) is 10.1 Å². The van der Waals surface area contributed by atoms with Crippen LogP contribution in [0.1, 0.15) is 49.4 Å². The number of carboxylic acids is 1. The van der Waals surface area contributed by atoms with Crippen molar-refractivity contribution in [1.82, 2.24) is 0 Å². The number of carbonyl (C=O) groups is 2. The van der Waals surface area contributed by atoms with Gasteiger partial charge in [0.25, 0.3) is 5.91 Å². The number of rotatable bonds is 8. The first kappa shape index (κ1) is 20.1. The zero-order valence-electron chi connectivity index (χ0n) is 12.5. The van der Waals surface area contributed by atoms with Gasteiger partial charge in [-0.15, -0.1) is 0 Å². The molecule has 110 valence electrons. The first-order chi connectivity index (χ1) is 9.54. The van der Waals surface area contributed by atoms with Gasteiger partial charge < -0.3 is 15.2 Å². The first-order valence-corrected chi connectivity index (χ1v) is 6.81. The van der Waals surface area contributed by atoms with E-state index < -0.39 is 18.0 Å². The number of amides is 1. The van der Waals surface area contributed by atoms with Gasteiger partial charge in [0.05, 0.1) is 5.97 Å². The number of alkyl halides is 1. The van der Waals surface area contributed by atoms with Crippen LogP contribution in [-0.2, 0) is 4.79 Å². The van der Waals surface area contributed by atoms with E-state index in [0.29, 0.717) is 12.1 Å². The number of hydrogen-bond donors (Lipinski definition) is 1. The summed E-state index contributed by atoms with van der Waals surface area (Å²) in [5.74, 6) is -1.98. The monoisotopic (exact) mass is 303 g/mol. The maximum Gasteiger partial charge on any atom is 1.00 e. The van der Waals surface area contributed by atoms with Crippen molar-refractivity contribution in [3.8, 4) is 0 Å². The van der Waals surface area contributed by atoms with E-state index >= 15 is 0 Å². The van der Waals surface area contributed by atoms with Crippen LogP contribution in [0, 0.1) is 0 Å². The van der Waals surface area contributed by atoms with Crippen molar-refractivity contribution in [2.75, 3.05) is 5.32 Å². The molecule has 0 aromatic heterocycles. The molecular weight excluding hydrogens is 284 g/mol. The zero-order chi connectivity index (χ0) is 15.0. The van der Waals surface area contributed by atoms with E-state index in [-0.39, 0.29) is 41.5 Å². The summed E-state index contributed by atoms with van der Waals surface area (Å²) >= 11 is 0. The molecule has 0 heterocycles. The molecule has 21 heavy (non-hydrogen) atoms. The van der Waals surface area contributed by atoms with Gasteiger partial charge in [-0.1, -0.05) is 44.7 Å². The molecule has 0 aliphatic rings. The Hall–Kier alpha value is -0.910. The summed E-state index contributed by atoms with van der Waals surface area (Å²) in [4.78, 5) is 22.1. The summed E-state index contributed by atoms with van der Waals surface area (Å²) in [5.41, 5.74) is 0.385. The molecule has 1 rings (SSSR count). The van der Waals surface area contributed by atoms with Crippen LogP contribution >= 0.6 is 0 Å². The van der Waals surface area contributed by atoms with Gasteiger partial charge in [0, 0.05) is 5.69 Å². The smallest absolute Gasteiger partial charge is 0.545 e. The molecule has 0 aliphatic carbocycles. The first-order valence-electron chi connectivity index (χ1n) is 6.81. The van der Waals surface area contributed by atoms with Crippen molar-refractivity contribution in [3.63, 3.8) is 0 Å². The molecule has 0 bridgehead atoms. The summed E-state index contributed by atoms with van der Waals surface area (Å²) < 4.78 is 13.6. The molecule has 0 saturated carbocycles. The number of aromatic carboxylic acids is 1. The van der Waals surface area contributed by atoms with Crippen LogP contribution in [0.2, 0.25) is 0 Å². The van der Waals surface area contributed by atoms with Crippen molar-refractivity contribution in [3.05, 3.63) is 29.8 Å². The predicted molar refractivity (Wildman–Crippen MR) is 73.1 cm³/mol. The minimum Gasteiger partial charge on any atom is -0.545 e. The molecule has 1 aromatic carbocycles. The van der Waals surface area contributed by atoms with Crippen molar-refractivity contribution >= 4 is 17.6 Å². The molecule has 0 saturated heterocycles. The average molecular weight is 303 g/mol. The maximum atomic E-state index is 13.6. The van der Waals surface area contributed by atoms with Gasteiger partial charge >= 0.3 is 29.6 Å². The Labute approximate surface area is 146 Å². The topological polar surface area (TPSA) is 69.2 Å². The zero-order valence-corrected chi connectivity index (χ0v) is 14.5. The van der Waals surface area contributed by atoms with Gasteiger partial charge in [0.15, 0.2) is 6.17 Å². The van der Waals surface area contributed by atoms with E-state index in [4.69, 9.17) is 0 Å². The Kier molecular flexibility index (Phi) is 10.3. The summed E-state index contributed by atoms with van der Waals surface area (Å²) in [5, 5.41) is 13.0. The summed E-state index contributed by atoms with van der Waals surface area (Å²) in [6, 6.07) is 5.43. The summed E-state index contributed by atoms with van der Waals surface area (Å²) in [7, 11) is 0. The second-order valence-corrected chi connectivity index (χ2v) is 4.67. The Balaban J connectivity index is 0.00000400. The number of carbonyl (C=O) groups excluding carboxylic acids is 2. The third-order valence-electron chi connectivity index (χ3n) is 2.98. The van der Waals surface area contributed by atoms with E-state index in [0.717, 1.165) is 19.3 Å². The fourth-order valence-electron chi connectivity index (χ4n) is 1.79. The normalized spacial score (nSPS) is 11.3. The number of hydrogen-bond acceptors (Lipinski definition) is 3. The SMILES string of the molecule is CCCCCCC(F)C(=O)Nc1ccc(C(=O)[O-])cc1.[Na+]. The molecule has 1 atom stereocenters. The third kappa shape index (κ3) is 7.60. The fourth-order valence-corrected chi connectivity index (χ4v) is 1.79. The second kappa shape index (κ2) is 10.8. The number of halogens is 1. The second-order valence-electron chi connectivity index (χ2n) is 4.67. The van der Waals surface area contributed by atoms with Crippen LogP contribution in [0.3, 0.4) is 0 Å². The van der Waals surface area contributed by atoms with Gasteiger partial charge in [-0.2, -0.15) is 0 Å². The average Bonchev–Trinajstić information content (AvgIpc) is 2.44. The molecule has 1 N–H and O–H groups in total. The summed E-state index contributed by atoms with van der Waals surface area (Å²) in [6.07, 6.45) is 2.39. The van der Waals surface area contributed by atoms with E-state index in [1.165, 1.54) is 24.3 Å². The Morgan fingerprint density at radius 2 is 1.81 bits per heavy atom. The molecule has 0 radical (unpaired) electrons. The maximum absolute atomic E-state index is 13.6. The van der Waals surface area contributed by atoms with Crippen LogP contribution in [0.25, 0.3) is 0 Å². The largest absolute Gasteiger partial charge is 1.00 e. The molecule has 1 aromatic rings. The quantitative estimate of drug-likeness (QED) is 0.510. The van der Waals surface area contributed by atoms with Gasteiger partial charge in [-0.05, 0) is 24.1 Å². The minimum absolute atomic E-state index is 0. The van der Waals surface area contributed by atoms with Gasteiger partial charge in [0.1, 0.15) is 0 Å². The Morgan fingerprint density at radius 1 is 1.19 bits per heavy atom. The van der Waals surface area contributed by atoms with Crippen molar-refractivity contribution in [1.29, 1.82) is 0 Å². The van der Waals surface area contributed by atoms with Crippen LogP contribution in [-0.4, -0.2) is 18.0 Å². The Bertz CT molecular complexity index is 451. The third-order valence-corrected chi connectivity index (χ3v) is 2.98. The van der Waals surface area contributed by atoms with Crippen molar-refractivity contribution in [2.24, 2.45) is 0 Å². The number of anilines is 1. The molecular formula is C15H19FNNaO3. The van der Waals surface area contributed by atoms with Crippen molar-refractivity contribution in [2.45, 2.75) is 45.2 Å². The number of nitrogens with one attached hydrogen (secondary N) is 1. The molecule has 1 amide bonds.